The minimum absolute atomic E-state index is 0.0627. The fourth-order valence-corrected chi connectivity index (χ4v) is 3.19. The van der Waals surface area contributed by atoms with Crippen LogP contribution < -0.4 is 10.6 Å². The molecule has 1 fully saturated rings. The summed E-state index contributed by atoms with van der Waals surface area (Å²) >= 11 is 0. The molecule has 3 aromatic heterocycles. The van der Waals surface area contributed by atoms with Gasteiger partial charge in [0.15, 0.2) is 5.65 Å². The first kappa shape index (κ1) is 18.0. The minimum atomic E-state index is -0.197. The van der Waals surface area contributed by atoms with Crippen molar-refractivity contribution in [1.82, 2.24) is 39.9 Å². The van der Waals surface area contributed by atoms with Gasteiger partial charge in [0.05, 0.1) is 24.6 Å². The zero-order valence-corrected chi connectivity index (χ0v) is 15.8. The second-order valence-electron chi connectivity index (χ2n) is 6.99. The molecule has 0 bridgehead atoms. The predicted molar refractivity (Wildman–Crippen MR) is 101 cm³/mol. The molecular formula is C18H22N8O2. The largest absolute Gasteiger partial charge is 0.345 e. The molecule has 0 radical (unpaired) electrons. The number of rotatable bonds is 6. The van der Waals surface area contributed by atoms with E-state index >= 15 is 0 Å². The number of urea groups is 1. The number of nitrogens with one attached hydrogen (secondary N) is 2. The normalized spacial score (nSPS) is 14.1. The molecule has 4 heterocycles. The van der Waals surface area contributed by atoms with Crippen LogP contribution in [0.5, 0.6) is 0 Å². The summed E-state index contributed by atoms with van der Waals surface area (Å²) in [5.74, 6) is -0.197. The van der Waals surface area contributed by atoms with E-state index in [9.17, 15) is 9.59 Å². The summed E-state index contributed by atoms with van der Waals surface area (Å²) in [5, 5.41) is 14.2. The van der Waals surface area contributed by atoms with Gasteiger partial charge in [0.1, 0.15) is 5.69 Å². The summed E-state index contributed by atoms with van der Waals surface area (Å²) < 4.78 is 3.34. The van der Waals surface area contributed by atoms with Crippen LogP contribution in [0.15, 0.2) is 30.7 Å². The molecule has 0 unspecified atom stereocenters. The quantitative estimate of drug-likeness (QED) is 0.660. The Kier molecular flexibility index (Phi) is 4.68. The molecule has 10 nitrogen and oxygen atoms in total. The number of aromatic nitrogens is 5. The van der Waals surface area contributed by atoms with E-state index in [4.69, 9.17) is 0 Å². The van der Waals surface area contributed by atoms with Crippen LogP contribution >= 0.6 is 0 Å². The van der Waals surface area contributed by atoms with Crippen molar-refractivity contribution in [3.8, 4) is 0 Å². The number of amides is 3. The molecule has 10 heteroatoms. The van der Waals surface area contributed by atoms with Gasteiger partial charge in [0.25, 0.3) is 5.91 Å². The number of nitrogens with zero attached hydrogens (tertiary/aromatic N) is 6. The summed E-state index contributed by atoms with van der Waals surface area (Å²) in [5.41, 5.74) is 2.80. The van der Waals surface area contributed by atoms with Gasteiger partial charge < -0.3 is 15.5 Å². The molecule has 0 aromatic carbocycles. The number of fused-ring (bicyclic) bond motifs is 1. The second kappa shape index (κ2) is 7.29. The standard InChI is InChI=1S/C18H22N8O2/c1-12(2)26-15(3-4-21-26)17(27)20-9-14-11-25-16(23-14)7-13(8-22-25)10-24-6-5-19-18(24)28/h3-4,7-8,11-12H,5-6,9-10H2,1-2H3,(H,19,28)(H,20,27). The Labute approximate surface area is 161 Å². The van der Waals surface area contributed by atoms with Crippen molar-refractivity contribution >= 4 is 17.6 Å². The van der Waals surface area contributed by atoms with Gasteiger partial charge in [-0.1, -0.05) is 0 Å². The van der Waals surface area contributed by atoms with E-state index < -0.39 is 0 Å². The van der Waals surface area contributed by atoms with Gasteiger partial charge in [-0.3, -0.25) is 9.48 Å². The monoisotopic (exact) mass is 382 g/mol. The third kappa shape index (κ3) is 3.53. The van der Waals surface area contributed by atoms with E-state index in [1.54, 1.807) is 38.8 Å². The van der Waals surface area contributed by atoms with E-state index in [1.807, 2.05) is 19.9 Å². The summed E-state index contributed by atoms with van der Waals surface area (Å²) in [6, 6.07) is 3.64. The number of imidazole rings is 1. The molecular weight excluding hydrogens is 360 g/mol. The van der Waals surface area contributed by atoms with Gasteiger partial charge in [-0.2, -0.15) is 10.2 Å². The maximum Gasteiger partial charge on any atom is 0.317 e. The molecule has 0 aliphatic carbocycles. The average molecular weight is 382 g/mol. The van der Waals surface area contributed by atoms with Crippen molar-refractivity contribution in [3.05, 3.63) is 47.7 Å². The first-order valence-corrected chi connectivity index (χ1v) is 9.19. The lowest BCUT2D eigenvalue weighted by molar-refractivity contribution is 0.0937. The molecule has 1 saturated heterocycles. The third-order valence-corrected chi connectivity index (χ3v) is 4.57. The molecule has 1 aliphatic rings. The number of carbonyl (C=O) groups excluding carboxylic acids is 2. The predicted octanol–water partition coefficient (Wildman–Crippen LogP) is 0.962. The Morgan fingerprint density at radius 1 is 1.36 bits per heavy atom. The van der Waals surface area contributed by atoms with Crippen LogP contribution in [0.2, 0.25) is 0 Å². The Hall–Kier alpha value is -3.43. The fourth-order valence-electron chi connectivity index (χ4n) is 3.19. The maximum absolute atomic E-state index is 12.4. The smallest absolute Gasteiger partial charge is 0.317 e. The van der Waals surface area contributed by atoms with Gasteiger partial charge in [0, 0.05) is 31.9 Å². The number of carbonyl (C=O) groups is 2. The van der Waals surface area contributed by atoms with E-state index in [0.717, 1.165) is 5.56 Å². The Balaban J connectivity index is 1.43. The van der Waals surface area contributed by atoms with Crippen molar-refractivity contribution in [2.24, 2.45) is 0 Å². The van der Waals surface area contributed by atoms with Gasteiger partial charge >= 0.3 is 6.03 Å². The van der Waals surface area contributed by atoms with E-state index in [1.165, 1.54) is 0 Å². The average Bonchev–Trinajstić information content (AvgIpc) is 3.39. The highest BCUT2D eigenvalue weighted by Gasteiger charge is 2.20. The van der Waals surface area contributed by atoms with Crippen LogP contribution in [0.1, 0.15) is 41.6 Å². The van der Waals surface area contributed by atoms with Gasteiger partial charge in [-0.15, -0.1) is 0 Å². The molecule has 2 N–H and O–H groups in total. The lowest BCUT2D eigenvalue weighted by atomic mass is 10.3. The fraction of sp³-hybridized carbons (Fsp3) is 0.389. The molecule has 3 amide bonds. The lowest BCUT2D eigenvalue weighted by Gasteiger charge is -2.13. The van der Waals surface area contributed by atoms with Crippen molar-refractivity contribution in [1.29, 1.82) is 0 Å². The summed E-state index contributed by atoms with van der Waals surface area (Å²) in [4.78, 5) is 30.4. The summed E-state index contributed by atoms with van der Waals surface area (Å²) in [7, 11) is 0. The first-order valence-electron chi connectivity index (χ1n) is 9.19. The van der Waals surface area contributed by atoms with Crippen LogP contribution in [-0.4, -0.2) is 54.3 Å². The highest BCUT2D eigenvalue weighted by molar-refractivity contribution is 5.92. The minimum Gasteiger partial charge on any atom is -0.345 e. The number of hydrogen-bond acceptors (Lipinski definition) is 5. The highest BCUT2D eigenvalue weighted by Crippen LogP contribution is 2.11. The van der Waals surface area contributed by atoms with Crippen molar-refractivity contribution < 1.29 is 9.59 Å². The van der Waals surface area contributed by atoms with Crippen LogP contribution in [0.3, 0.4) is 0 Å². The molecule has 1 aliphatic heterocycles. The Morgan fingerprint density at radius 3 is 2.96 bits per heavy atom. The highest BCUT2D eigenvalue weighted by atomic mass is 16.2. The van der Waals surface area contributed by atoms with Gasteiger partial charge in [-0.25, -0.2) is 14.3 Å². The molecule has 4 rings (SSSR count). The summed E-state index contributed by atoms with van der Waals surface area (Å²) in [6.07, 6.45) is 5.12. The van der Waals surface area contributed by atoms with Gasteiger partial charge in [0.2, 0.25) is 0 Å². The topological polar surface area (TPSA) is 109 Å². The molecule has 0 saturated carbocycles. The number of hydrogen-bond donors (Lipinski definition) is 2. The SMILES string of the molecule is CC(C)n1nccc1C(=O)NCc1cn2ncc(CN3CCNC3=O)cc2n1. The Bertz CT molecular complexity index is 1020. The zero-order valence-electron chi connectivity index (χ0n) is 15.8. The van der Waals surface area contributed by atoms with Crippen molar-refractivity contribution in [2.45, 2.75) is 33.0 Å². The molecule has 146 valence electrons. The van der Waals surface area contributed by atoms with Crippen LogP contribution in [-0.2, 0) is 13.1 Å². The van der Waals surface area contributed by atoms with E-state index in [0.29, 0.717) is 36.7 Å². The molecule has 0 spiro atoms. The summed E-state index contributed by atoms with van der Waals surface area (Å²) in [6.45, 7) is 6.07. The van der Waals surface area contributed by atoms with Crippen molar-refractivity contribution in [3.63, 3.8) is 0 Å². The van der Waals surface area contributed by atoms with Crippen LogP contribution in [0.25, 0.3) is 5.65 Å². The zero-order chi connectivity index (χ0) is 19.7. The van der Waals surface area contributed by atoms with E-state index in [2.05, 4.69) is 25.8 Å². The second-order valence-corrected chi connectivity index (χ2v) is 6.99. The molecule has 0 atom stereocenters. The third-order valence-electron chi connectivity index (χ3n) is 4.57. The van der Waals surface area contributed by atoms with Crippen molar-refractivity contribution in [2.75, 3.05) is 13.1 Å². The van der Waals surface area contributed by atoms with E-state index in [-0.39, 0.29) is 24.5 Å². The van der Waals surface area contributed by atoms with Crippen LogP contribution in [0, 0.1) is 0 Å². The molecule has 3 aromatic rings. The first-order chi connectivity index (χ1) is 13.5. The van der Waals surface area contributed by atoms with Gasteiger partial charge in [-0.05, 0) is 31.5 Å². The maximum atomic E-state index is 12.4. The molecule has 28 heavy (non-hydrogen) atoms. The lowest BCUT2D eigenvalue weighted by Crippen LogP contribution is -2.27. The van der Waals surface area contributed by atoms with Crippen LogP contribution in [0.4, 0.5) is 4.79 Å². The Morgan fingerprint density at radius 2 is 2.21 bits per heavy atom.